The van der Waals surface area contributed by atoms with E-state index in [0.717, 1.165) is 16.5 Å². The van der Waals surface area contributed by atoms with Crippen LogP contribution in [0.2, 0.25) is 0 Å². The molecule has 0 aliphatic rings. The number of rotatable bonds is 3. The minimum Gasteiger partial charge on any atom is -0.396 e. The average Bonchev–Trinajstić information content (AvgIpc) is 2.28. The normalized spacial score (nSPS) is 12.9. The highest BCUT2D eigenvalue weighted by Crippen LogP contribution is 2.21. The quantitative estimate of drug-likeness (QED) is 0.795. The molecule has 0 aliphatic heterocycles. The number of fused-ring (bicyclic) bond motifs is 1. The lowest BCUT2D eigenvalue weighted by molar-refractivity contribution is 0.276. The highest BCUT2D eigenvalue weighted by Gasteiger charge is 2.09. The number of aromatic nitrogens is 1. The molecule has 2 aromatic rings. The SMILES string of the molecule is NC(CCO)c1nccc2ccccc12. The van der Waals surface area contributed by atoms with Crippen LogP contribution in [0.4, 0.5) is 0 Å². The molecule has 0 radical (unpaired) electrons. The molecule has 0 amide bonds. The first-order valence-corrected chi connectivity index (χ1v) is 5.03. The van der Waals surface area contributed by atoms with E-state index in [1.54, 1.807) is 6.20 Å². The third-order valence-corrected chi connectivity index (χ3v) is 2.50. The first-order valence-electron chi connectivity index (χ1n) is 5.03. The molecule has 0 spiro atoms. The van der Waals surface area contributed by atoms with Crippen LogP contribution in [0.1, 0.15) is 18.2 Å². The maximum absolute atomic E-state index is 8.86. The Morgan fingerprint density at radius 2 is 2.07 bits per heavy atom. The predicted molar refractivity (Wildman–Crippen MR) is 60.4 cm³/mol. The molecule has 0 aliphatic carbocycles. The van der Waals surface area contributed by atoms with Crippen molar-refractivity contribution in [3.05, 3.63) is 42.2 Å². The summed E-state index contributed by atoms with van der Waals surface area (Å²) in [6.45, 7) is 0.0894. The third-order valence-electron chi connectivity index (χ3n) is 2.50. The zero-order chi connectivity index (χ0) is 10.7. The van der Waals surface area contributed by atoms with Crippen LogP contribution in [0.3, 0.4) is 0 Å². The van der Waals surface area contributed by atoms with Crippen LogP contribution in [-0.2, 0) is 0 Å². The number of hydrogen-bond donors (Lipinski definition) is 2. The summed E-state index contributed by atoms with van der Waals surface area (Å²) >= 11 is 0. The fourth-order valence-electron chi connectivity index (χ4n) is 1.71. The van der Waals surface area contributed by atoms with Crippen LogP contribution in [0, 0.1) is 0 Å². The molecular weight excluding hydrogens is 188 g/mol. The van der Waals surface area contributed by atoms with Gasteiger partial charge in [0.25, 0.3) is 0 Å². The van der Waals surface area contributed by atoms with Crippen molar-refractivity contribution >= 4 is 10.8 Å². The second-order valence-corrected chi connectivity index (χ2v) is 3.54. The summed E-state index contributed by atoms with van der Waals surface area (Å²) in [6, 6.07) is 9.77. The van der Waals surface area contributed by atoms with Gasteiger partial charge in [0.15, 0.2) is 0 Å². The summed E-state index contributed by atoms with van der Waals surface area (Å²) in [5, 5.41) is 11.1. The lowest BCUT2D eigenvalue weighted by atomic mass is 10.0. The molecule has 3 heteroatoms. The van der Waals surface area contributed by atoms with Crippen LogP contribution in [-0.4, -0.2) is 16.7 Å². The third kappa shape index (κ3) is 1.98. The average molecular weight is 202 g/mol. The molecule has 0 fully saturated rings. The molecule has 78 valence electrons. The largest absolute Gasteiger partial charge is 0.396 e. The van der Waals surface area contributed by atoms with Crippen molar-refractivity contribution in [2.75, 3.05) is 6.61 Å². The van der Waals surface area contributed by atoms with E-state index in [0.29, 0.717) is 6.42 Å². The minimum absolute atomic E-state index is 0.0894. The van der Waals surface area contributed by atoms with Gasteiger partial charge in [-0.2, -0.15) is 0 Å². The predicted octanol–water partition coefficient (Wildman–Crippen LogP) is 1.62. The fraction of sp³-hybridized carbons (Fsp3) is 0.250. The number of pyridine rings is 1. The van der Waals surface area contributed by atoms with Gasteiger partial charge in [0.2, 0.25) is 0 Å². The summed E-state index contributed by atoms with van der Waals surface area (Å²) in [5.74, 6) is 0. The zero-order valence-electron chi connectivity index (χ0n) is 8.43. The van der Waals surface area contributed by atoms with Gasteiger partial charge < -0.3 is 10.8 Å². The van der Waals surface area contributed by atoms with Gasteiger partial charge in [-0.25, -0.2) is 0 Å². The minimum atomic E-state index is -0.193. The Kier molecular flexibility index (Phi) is 2.94. The van der Waals surface area contributed by atoms with Crippen LogP contribution in [0.15, 0.2) is 36.5 Å². The van der Waals surface area contributed by atoms with E-state index >= 15 is 0 Å². The van der Waals surface area contributed by atoms with Gasteiger partial charge in [-0.1, -0.05) is 24.3 Å². The second kappa shape index (κ2) is 4.38. The lowest BCUT2D eigenvalue weighted by Crippen LogP contribution is -2.13. The van der Waals surface area contributed by atoms with Gasteiger partial charge in [0.1, 0.15) is 0 Å². The van der Waals surface area contributed by atoms with Crippen molar-refractivity contribution in [3.63, 3.8) is 0 Å². The Bertz CT molecular complexity index is 451. The zero-order valence-corrected chi connectivity index (χ0v) is 8.43. The second-order valence-electron chi connectivity index (χ2n) is 3.54. The number of nitrogens with zero attached hydrogens (tertiary/aromatic N) is 1. The molecule has 15 heavy (non-hydrogen) atoms. The maximum atomic E-state index is 8.86. The number of hydrogen-bond acceptors (Lipinski definition) is 3. The molecule has 1 aromatic carbocycles. The van der Waals surface area contributed by atoms with Crippen LogP contribution >= 0.6 is 0 Å². The summed E-state index contributed by atoms with van der Waals surface area (Å²) < 4.78 is 0. The van der Waals surface area contributed by atoms with E-state index in [1.165, 1.54) is 0 Å². The monoisotopic (exact) mass is 202 g/mol. The van der Waals surface area contributed by atoms with Crippen molar-refractivity contribution in [3.8, 4) is 0 Å². The van der Waals surface area contributed by atoms with E-state index < -0.39 is 0 Å². The first kappa shape index (κ1) is 10.1. The smallest absolute Gasteiger partial charge is 0.0650 e. The summed E-state index contributed by atoms with van der Waals surface area (Å²) in [6.07, 6.45) is 2.30. The molecular formula is C12H14N2O. The van der Waals surface area contributed by atoms with Gasteiger partial charge in [-0.3, -0.25) is 4.98 Å². The molecule has 1 aromatic heterocycles. The molecule has 0 saturated heterocycles. The summed E-state index contributed by atoms with van der Waals surface area (Å²) in [4.78, 5) is 4.29. The van der Waals surface area contributed by atoms with Crippen LogP contribution < -0.4 is 5.73 Å². The van der Waals surface area contributed by atoms with Gasteiger partial charge in [0.05, 0.1) is 5.69 Å². The van der Waals surface area contributed by atoms with E-state index in [-0.39, 0.29) is 12.6 Å². The molecule has 3 N–H and O–H groups in total. The van der Waals surface area contributed by atoms with Crippen molar-refractivity contribution in [1.29, 1.82) is 0 Å². The van der Waals surface area contributed by atoms with Gasteiger partial charge in [-0.05, 0) is 17.9 Å². The number of nitrogens with two attached hydrogens (primary N) is 1. The topological polar surface area (TPSA) is 59.1 Å². The van der Waals surface area contributed by atoms with Crippen molar-refractivity contribution in [1.82, 2.24) is 4.98 Å². The summed E-state index contributed by atoms with van der Waals surface area (Å²) in [7, 11) is 0. The molecule has 0 saturated carbocycles. The Hall–Kier alpha value is -1.45. The van der Waals surface area contributed by atoms with Crippen molar-refractivity contribution in [2.45, 2.75) is 12.5 Å². The highest BCUT2D eigenvalue weighted by atomic mass is 16.3. The maximum Gasteiger partial charge on any atom is 0.0650 e. The van der Waals surface area contributed by atoms with Gasteiger partial charge >= 0.3 is 0 Å². The van der Waals surface area contributed by atoms with E-state index in [9.17, 15) is 0 Å². The number of benzene rings is 1. The van der Waals surface area contributed by atoms with E-state index in [4.69, 9.17) is 10.8 Å². The van der Waals surface area contributed by atoms with Crippen molar-refractivity contribution in [2.24, 2.45) is 5.73 Å². The number of aliphatic hydroxyl groups is 1. The van der Waals surface area contributed by atoms with Crippen LogP contribution in [0.25, 0.3) is 10.8 Å². The fourth-order valence-corrected chi connectivity index (χ4v) is 1.71. The number of aliphatic hydroxyl groups excluding tert-OH is 1. The molecule has 2 rings (SSSR count). The standard InChI is InChI=1S/C12H14N2O/c13-11(6-8-15)12-10-4-2-1-3-9(10)5-7-14-12/h1-5,7,11,15H,6,8,13H2. The van der Waals surface area contributed by atoms with Gasteiger partial charge in [-0.15, -0.1) is 0 Å². The van der Waals surface area contributed by atoms with Crippen LogP contribution in [0.5, 0.6) is 0 Å². The van der Waals surface area contributed by atoms with Gasteiger partial charge in [0, 0.05) is 24.2 Å². The van der Waals surface area contributed by atoms with Crippen molar-refractivity contribution < 1.29 is 5.11 Å². The Morgan fingerprint density at radius 3 is 2.87 bits per heavy atom. The Morgan fingerprint density at radius 1 is 1.27 bits per heavy atom. The lowest BCUT2D eigenvalue weighted by Gasteiger charge is -2.11. The molecule has 1 atom stereocenters. The summed E-state index contributed by atoms with van der Waals surface area (Å²) in [5.41, 5.74) is 6.81. The highest BCUT2D eigenvalue weighted by molar-refractivity contribution is 5.84. The molecule has 1 unspecified atom stereocenters. The van der Waals surface area contributed by atoms with E-state index in [2.05, 4.69) is 4.98 Å². The molecule has 0 bridgehead atoms. The Labute approximate surface area is 88.6 Å². The Balaban J connectivity index is 2.50. The first-order chi connectivity index (χ1) is 7.33. The molecule has 1 heterocycles. The molecule has 3 nitrogen and oxygen atoms in total. The van der Waals surface area contributed by atoms with E-state index in [1.807, 2.05) is 30.3 Å².